The van der Waals surface area contributed by atoms with Crippen LogP contribution in [0.2, 0.25) is 0 Å². The van der Waals surface area contributed by atoms with E-state index in [1.165, 1.54) is 6.20 Å². The molecule has 0 radical (unpaired) electrons. The molecule has 1 aromatic rings. The normalized spacial score (nSPS) is 15.1. The van der Waals surface area contributed by atoms with Gasteiger partial charge in [-0.3, -0.25) is 5.10 Å². The van der Waals surface area contributed by atoms with E-state index in [1.54, 1.807) is 6.92 Å². The lowest BCUT2D eigenvalue weighted by molar-refractivity contribution is 0.344. The van der Waals surface area contributed by atoms with Crippen molar-refractivity contribution in [2.45, 2.75) is 44.6 Å². The lowest BCUT2D eigenvalue weighted by Crippen LogP contribution is -2.52. The van der Waals surface area contributed by atoms with E-state index < -0.39 is 15.6 Å². The lowest BCUT2D eigenvalue weighted by Gasteiger charge is -2.30. The van der Waals surface area contributed by atoms with Crippen LogP contribution in [-0.4, -0.2) is 30.7 Å². The summed E-state index contributed by atoms with van der Waals surface area (Å²) in [6.07, 6.45) is 1.99. The molecule has 0 aliphatic carbocycles. The second-order valence-electron chi connectivity index (χ2n) is 5.33. The summed E-state index contributed by atoms with van der Waals surface area (Å²) in [5.74, 6) is 0.353. The van der Waals surface area contributed by atoms with Crippen LogP contribution in [0.15, 0.2) is 11.1 Å². The Morgan fingerprint density at radius 3 is 2.47 bits per heavy atom. The van der Waals surface area contributed by atoms with Crippen LogP contribution in [0.4, 0.5) is 0 Å². The number of hydrogen-bond acceptors (Lipinski definition) is 4. The molecule has 0 aliphatic heterocycles. The average molecular weight is 311 g/mol. The Hall–Kier alpha value is -0.630. The number of halogens is 1. The van der Waals surface area contributed by atoms with Gasteiger partial charge in [-0.05, 0) is 26.2 Å². The number of aromatic amines is 1. The van der Waals surface area contributed by atoms with E-state index in [4.69, 9.17) is 5.73 Å². The molecule has 0 saturated carbocycles. The van der Waals surface area contributed by atoms with Crippen LogP contribution in [0.25, 0.3) is 0 Å². The summed E-state index contributed by atoms with van der Waals surface area (Å²) < 4.78 is 27.2. The second-order valence-corrected chi connectivity index (χ2v) is 6.98. The number of hydrogen-bond donors (Lipinski definition) is 3. The topological polar surface area (TPSA) is 101 Å². The number of aryl methyl sites for hydroxylation is 1. The van der Waals surface area contributed by atoms with Gasteiger partial charge in [0.15, 0.2) is 0 Å². The fourth-order valence-corrected chi connectivity index (χ4v) is 3.62. The molecule has 8 heteroatoms. The van der Waals surface area contributed by atoms with E-state index in [-0.39, 0.29) is 23.8 Å². The number of rotatable bonds is 6. The van der Waals surface area contributed by atoms with Crippen molar-refractivity contribution in [2.75, 3.05) is 6.54 Å². The van der Waals surface area contributed by atoms with Crippen molar-refractivity contribution in [3.05, 3.63) is 11.9 Å². The Morgan fingerprint density at radius 2 is 2.11 bits per heavy atom. The summed E-state index contributed by atoms with van der Waals surface area (Å²) in [6, 6.07) is 0. The van der Waals surface area contributed by atoms with Gasteiger partial charge in [-0.2, -0.15) is 5.10 Å². The van der Waals surface area contributed by atoms with Crippen molar-refractivity contribution in [1.82, 2.24) is 14.9 Å². The molecule has 0 aromatic carbocycles. The maximum Gasteiger partial charge on any atom is 0.244 e. The summed E-state index contributed by atoms with van der Waals surface area (Å²) in [5, 5.41) is 6.35. The molecule has 19 heavy (non-hydrogen) atoms. The smallest absolute Gasteiger partial charge is 0.244 e. The monoisotopic (exact) mass is 310 g/mol. The molecule has 0 amide bonds. The first-order valence-corrected chi connectivity index (χ1v) is 7.42. The van der Waals surface area contributed by atoms with Crippen LogP contribution in [0, 0.1) is 12.8 Å². The highest BCUT2D eigenvalue weighted by Gasteiger charge is 2.31. The van der Waals surface area contributed by atoms with Gasteiger partial charge in [0, 0.05) is 12.1 Å². The minimum absolute atomic E-state index is 0. The van der Waals surface area contributed by atoms with E-state index in [1.807, 2.05) is 20.8 Å². The molecule has 1 aromatic heterocycles. The van der Waals surface area contributed by atoms with Gasteiger partial charge in [0.05, 0.1) is 11.9 Å². The Bertz CT molecular complexity index is 501. The van der Waals surface area contributed by atoms with Crippen LogP contribution in [0.5, 0.6) is 0 Å². The molecule has 6 nitrogen and oxygen atoms in total. The Balaban J connectivity index is 0.00000324. The first-order chi connectivity index (χ1) is 8.20. The highest BCUT2D eigenvalue weighted by atomic mass is 35.5. The minimum atomic E-state index is -3.59. The van der Waals surface area contributed by atoms with Crippen LogP contribution in [-0.2, 0) is 10.0 Å². The van der Waals surface area contributed by atoms with Gasteiger partial charge in [0.25, 0.3) is 0 Å². The summed E-state index contributed by atoms with van der Waals surface area (Å²) in [4.78, 5) is 0.172. The van der Waals surface area contributed by atoms with Crippen LogP contribution >= 0.6 is 12.4 Å². The van der Waals surface area contributed by atoms with Crippen molar-refractivity contribution >= 4 is 22.4 Å². The molecule has 1 heterocycles. The predicted octanol–water partition coefficient (Wildman–Crippen LogP) is 1.18. The van der Waals surface area contributed by atoms with E-state index in [2.05, 4.69) is 14.9 Å². The van der Waals surface area contributed by atoms with Gasteiger partial charge < -0.3 is 5.73 Å². The third kappa shape index (κ3) is 4.76. The molecule has 112 valence electrons. The molecule has 0 spiro atoms. The molecular formula is C11H23ClN4O2S. The molecule has 0 bridgehead atoms. The Labute approximate surface area is 121 Å². The molecular weight excluding hydrogens is 288 g/mol. The molecule has 0 fully saturated rings. The number of nitrogens with two attached hydrogens (primary N) is 1. The van der Waals surface area contributed by atoms with Gasteiger partial charge in [-0.1, -0.05) is 13.8 Å². The number of sulfonamides is 1. The summed E-state index contributed by atoms with van der Waals surface area (Å²) in [5.41, 5.74) is 5.58. The molecule has 1 rings (SSSR count). The zero-order valence-corrected chi connectivity index (χ0v) is 13.4. The van der Waals surface area contributed by atoms with Gasteiger partial charge in [0.1, 0.15) is 4.90 Å². The minimum Gasteiger partial charge on any atom is -0.329 e. The lowest BCUT2D eigenvalue weighted by atomic mass is 9.92. The summed E-state index contributed by atoms with van der Waals surface area (Å²) in [6.45, 7) is 7.81. The molecule has 0 saturated heterocycles. The molecule has 1 atom stereocenters. The zero-order valence-electron chi connectivity index (χ0n) is 11.7. The van der Waals surface area contributed by atoms with Crippen molar-refractivity contribution < 1.29 is 8.42 Å². The fourth-order valence-electron chi connectivity index (χ4n) is 2.06. The number of nitrogens with one attached hydrogen (secondary N) is 2. The zero-order chi connectivity index (χ0) is 14.0. The quantitative estimate of drug-likeness (QED) is 0.734. The number of H-pyrrole nitrogens is 1. The number of nitrogens with zero attached hydrogens (tertiary/aromatic N) is 1. The fraction of sp³-hybridized carbons (Fsp3) is 0.727. The highest BCUT2D eigenvalue weighted by Crippen LogP contribution is 2.20. The van der Waals surface area contributed by atoms with E-state index in [0.717, 1.165) is 0 Å². The van der Waals surface area contributed by atoms with Gasteiger partial charge >= 0.3 is 0 Å². The third-order valence-corrected chi connectivity index (χ3v) is 4.52. The van der Waals surface area contributed by atoms with E-state index in [0.29, 0.717) is 18.0 Å². The van der Waals surface area contributed by atoms with Crippen LogP contribution in [0.3, 0.4) is 0 Å². The Morgan fingerprint density at radius 1 is 1.53 bits per heavy atom. The van der Waals surface area contributed by atoms with Gasteiger partial charge in [-0.15, -0.1) is 12.4 Å². The number of aromatic nitrogens is 2. The largest absolute Gasteiger partial charge is 0.329 e. The first kappa shape index (κ1) is 18.4. The SMILES string of the molecule is Cc1[nH]ncc1S(=O)(=O)NC(C)(CN)CC(C)C.Cl. The summed E-state index contributed by atoms with van der Waals surface area (Å²) in [7, 11) is -3.59. The highest BCUT2D eigenvalue weighted by molar-refractivity contribution is 7.89. The predicted molar refractivity (Wildman–Crippen MR) is 77.8 cm³/mol. The van der Waals surface area contributed by atoms with E-state index in [9.17, 15) is 8.42 Å². The first-order valence-electron chi connectivity index (χ1n) is 5.94. The van der Waals surface area contributed by atoms with Crippen molar-refractivity contribution in [3.63, 3.8) is 0 Å². The van der Waals surface area contributed by atoms with Crippen molar-refractivity contribution in [2.24, 2.45) is 11.7 Å². The van der Waals surface area contributed by atoms with Crippen LogP contribution < -0.4 is 10.5 Å². The molecule has 1 unspecified atom stereocenters. The standard InChI is InChI=1S/C11H22N4O2S.ClH/c1-8(2)5-11(4,7-12)15-18(16,17)10-6-13-14-9(10)3;/h6,8,15H,5,7,12H2,1-4H3,(H,13,14);1H. The van der Waals surface area contributed by atoms with Crippen LogP contribution in [0.1, 0.15) is 32.9 Å². The van der Waals surface area contributed by atoms with E-state index >= 15 is 0 Å². The molecule has 0 aliphatic rings. The van der Waals surface area contributed by atoms with Crippen molar-refractivity contribution in [1.29, 1.82) is 0 Å². The molecule has 4 N–H and O–H groups in total. The average Bonchev–Trinajstić information content (AvgIpc) is 2.63. The maximum atomic E-state index is 12.2. The Kier molecular flexibility index (Phi) is 6.47. The van der Waals surface area contributed by atoms with Gasteiger partial charge in [0.2, 0.25) is 10.0 Å². The summed E-state index contributed by atoms with van der Waals surface area (Å²) >= 11 is 0. The van der Waals surface area contributed by atoms with Gasteiger partial charge in [-0.25, -0.2) is 13.1 Å². The maximum absolute atomic E-state index is 12.2. The third-order valence-electron chi connectivity index (χ3n) is 2.76. The second kappa shape index (κ2) is 6.69. The van der Waals surface area contributed by atoms with Crippen molar-refractivity contribution in [3.8, 4) is 0 Å².